The van der Waals surface area contributed by atoms with Gasteiger partial charge in [-0.15, -0.1) is 9.89 Å². The lowest BCUT2D eigenvalue weighted by molar-refractivity contribution is -0.384. The van der Waals surface area contributed by atoms with Crippen molar-refractivity contribution in [2.75, 3.05) is 7.11 Å². The normalized spacial score (nSPS) is 10.8. The number of nitro benzene ring substituents is 1. The van der Waals surface area contributed by atoms with Gasteiger partial charge in [0.05, 0.1) is 18.2 Å². The number of non-ortho nitro benzene ring substituents is 1. The quantitative estimate of drug-likeness (QED) is 0.367. The molecule has 0 atom stereocenters. The van der Waals surface area contributed by atoms with Crippen LogP contribution in [0.5, 0.6) is 11.5 Å². The first kappa shape index (κ1) is 17.1. The van der Waals surface area contributed by atoms with Crippen molar-refractivity contribution in [2.45, 2.75) is 6.61 Å². The first-order valence-electron chi connectivity index (χ1n) is 7.59. The summed E-state index contributed by atoms with van der Waals surface area (Å²) in [5.41, 5.74) is 1.67. The third-order valence-corrected chi connectivity index (χ3v) is 3.48. The number of hydrogen-bond donors (Lipinski definition) is 0. The van der Waals surface area contributed by atoms with E-state index in [0.29, 0.717) is 11.5 Å². The SMILES string of the molecule is COc1ccc(/C=N/n2cncn2)cc1COc1ccc([N+](=O)[O-])cc1. The molecule has 0 N–H and O–H groups in total. The number of ether oxygens (including phenoxy) is 2. The first-order chi connectivity index (χ1) is 12.7. The van der Waals surface area contributed by atoms with Gasteiger partial charge in [-0.3, -0.25) is 10.1 Å². The van der Waals surface area contributed by atoms with Crippen LogP contribution in [-0.2, 0) is 6.61 Å². The molecular formula is C17H15N5O4. The molecule has 0 aliphatic heterocycles. The third kappa shape index (κ3) is 4.20. The van der Waals surface area contributed by atoms with Crippen LogP contribution < -0.4 is 9.47 Å². The number of aromatic nitrogens is 3. The van der Waals surface area contributed by atoms with E-state index in [0.717, 1.165) is 11.1 Å². The van der Waals surface area contributed by atoms with E-state index in [-0.39, 0.29) is 12.3 Å². The molecule has 1 heterocycles. The molecule has 3 rings (SSSR count). The number of methoxy groups -OCH3 is 1. The standard InChI is InChI=1S/C17H15N5O4/c1-25-17-7-2-13(9-19-21-12-18-11-20-21)8-14(17)10-26-16-5-3-15(4-6-16)22(23)24/h2-9,11-12H,10H2,1H3/b19-9+. The second kappa shape index (κ2) is 7.88. The van der Waals surface area contributed by atoms with E-state index < -0.39 is 4.92 Å². The van der Waals surface area contributed by atoms with E-state index in [2.05, 4.69) is 15.2 Å². The zero-order chi connectivity index (χ0) is 18.4. The number of nitrogens with zero attached hydrogens (tertiary/aromatic N) is 5. The first-order valence-corrected chi connectivity index (χ1v) is 7.59. The van der Waals surface area contributed by atoms with Crippen molar-refractivity contribution in [3.8, 4) is 11.5 Å². The Labute approximate surface area is 148 Å². The Bertz CT molecular complexity index is 907. The highest BCUT2D eigenvalue weighted by molar-refractivity contribution is 5.80. The molecule has 0 fully saturated rings. The molecule has 132 valence electrons. The predicted molar refractivity (Wildman–Crippen MR) is 93.4 cm³/mol. The molecule has 0 saturated heterocycles. The summed E-state index contributed by atoms with van der Waals surface area (Å²) in [6, 6.07) is 11.5. The monoisotopic (exact) mass is 353 g/mol. The van der Waals surface area contributed by atoms with Crippen molar-refractivity contribution in [1.82, 2.24) is 14.9 Å². The molecule has 9 nitrogen and oxygen atoms in total. The van der Waals surface area contributed by atoms with Crippen LogP contribution in [0.25, 0.3) is 0 Å². The Morgan fingerprint density at radius 1 is 1.27 bits per heavy atom. The maximum absolute atomic E-state index is 10.7. The van der Waals surface area contributed by atoms with E-state index in [1.165, 1.54) is 29.6 Å². The van der Waals surface area contributed by atoms with Crippen molar-refractivity contribution in [3.63, 3.8) is 0 Å². The summed E-state index contributed by atoms with van der Waals surface area (Å²) in [7, 11) is 1.58. The summed E-state index contributed by atoms with van der Waals surface area (Å²) >= 11 is 0. The zero-order valence-electron chi connectivity index (χ0n) is 13.8. The Morgan fingerprint density at radius 3 is 2.73 bits per heavy atom. The van der Waals surface area contributed by atoms with Crippen LogP contribution >= 0.6 is 0 Å². The third-order valence-electron chi connectivity index (χ3n) is 3.48. The molecule has 0 aliphatic carbocycles. The Morgan fingerprint density at radius 2 is 2.08 bits per heavy atom. The van der Waals surface area contributed by atoms with Crippen LogP contribution in [0.1, 0.15) is 11.1 Å². The van der Waals surface area contributed by atoms with Crippen LogP contribution in [0, 0.1) is 10.1 Å². The van der Waals surface area contributed by atoms with Gasteiger partial charge in [-0.2, -0.15) is 5.10 Å². The second-order valence-corrected chi connectivity index (χ2v) is 5.17. The summed E-state index contributed by atoms with van der Waals surface area (Å²) in [5.74, 6) is 1.20. The Kier molecular flexibility index (Phi) is 5.18. The molecule has 26 heavy (non-hydrogen) atoms. The number of benzene rings is 2. The largest absolute Gasteiger partial charge is 0.496 e. The number of nitro groups is 1. The van der Waals surface area contributed by atoms with Gasteiger partial charge in [0.2, 0.25) is 0 Å². The summed E-state index contributed by atoms with van der Waals surface area (Å²) in [5, 5.41) is 18.7. The second-order valence-electron chi connectivity index (χ2n) is 5.17. The minimum Gasteiger partial charge on any atom is -0.496 e. The van der Waals surface area contributed by atoms with E-state index in [1.807, 2.05) is 18.2 Å². The van der Waals surface area contributed by atoms with Crippen molar-refractivity contribution in [1.29, 1.82) is 0 Å². The van der Waals surface area contributed by atoms with E-state index in [9.17, 15) is 10.1 Å². The maximum Gasteiger partial charge on any atom is 0.269 e. The van der Waals surface area contributed by atoms with Gasteiger partial charge in [0, 0.05) is 17.7 Å². The van der Waals surface area contributed by atoms with Gasteiger partial charge in [-0.05, 0) is 35.9 Å². The molecule has 1 aromatic heterocycles. The molecule has 2 aromatic carbocycles. The van der Waals surface area contributed by atoms with E-state index in [4.69, 9.17) is 9.47 Å². The van der Waals surface area contributed by atoms with Crippen LogP contribution in [-0.4, -0.2) is 33.1 Å². The Balaban J connectivity index is 1.73. The molecule has 3 aromatic rings. The lowest BCUT2D eigenvalue weighted by Gasteiger charge is -2.11. The van der Waals surface area contributed by atoms with Crippen molar-refractivity contribution in [3.05, 3.63) is 76.4 Å². The van der Waals surface area contributed by atoms with Gasteiger partial charge in [-0.1, -0.05) is 0 Å². The minimum atomic E-state index is -0.454. The average Bonchev–Trinajstić information content (AvgIpc) is 3.18. The summed E-state index contributed by atoms with van der Waals surface area (Å²) in [6.07, 6.45) is 4.52. The van der Waals surface area contributed by atoms with Gasteiger partial charge >= 0.3 is 0 Å². The number of hydrogen-bond acceptors (Lipinski definition) is 7. The molecule has 0 unspecified atom stereocenters. The molecule has 0 bridgehead atoms. The van der Waals surface area contributed by atoms with Crippen LogP contribution in [0.4, 0.5) is 5.69 Å². The highest BCUT2D eigenvalue weighted by atomic mass is 16.6. The fraction of sp³-hybridized carbons (Fsp3) is 0.118. The fourth-order valence-electron chi connectivity index (χ4n) is 2.20. The lowest BCUT2D eigenvalue weighted by atomic mass is 10.1. The maximum atomic E-state index is 10.7. The topological polar surface area (TPSA) is 105 Å². The molecule has 0 saturated carbocycles. The fourth-order valence-corrected chi connectivity index (χ4v) is 2.20. The average molecular weight is 353 g/mol. The molecule has 0 radical (unpaired) electrons. The van der Waals surface area contributed by atoms with Gasteiger partial charge in [0.15, 0.2) is 0 Å². The molecule has 0 aliphatic rings. The van der Waals surface area contributed by atoms with Gasteiger partial charge in [0.1, 0.15) is 30.8 Å². The molecular weight excluding hydrogens is 338 g/mol. The van der Waals surface area contributed by atoms with E-state index in [1.54, 1.807) is 25.5 Å². The van der Waals surface area contributed by atoms with Crippen molar-refractivity contribution >= 4 is 11.9 Å². The van der Waals surface area contributed by atoms with Crippen molar-refractivity contribution < 1.29 is 14.4 Å². The number of rotatable bonds is 7. The summed E-state index contributed by atoms with van der Waals surface area (Å²) < 4.78 is 11.0. The highest BCUT2D eigenvalue weighted by Gasteiger charge is 2.07. The Hall–Kier alpha value is -3.75. The zero-order valence-corrected chi connectivity index (χ0v) is 13.8. The highest BCUT2D eigenvalue weighted by Crippen LogP contribution is 2.23. The lowest BCUT2D eigenvalue weighted by Crippen LogP contribution is -2.00. The van der Waals surface area contributed by atoms with Gasteiger partial charge in [-0.25, -0.2) is 4.98 Å². The molecule has 0 spiro atoms. The smallest absolute Gasteiger partial charge is 0.269 e. The minimum absolute atomic E-state index is 0.0150. The van der Waals surface area contributed by atoms with Crippen LogP contribution in [0.3, 0.4) is 0 Å². The van der Waals surface area contributed by atoms with Crippen LogP contribution in [0.15, 0.2) is 60.2 Å². The van der Waals surface area contributed by atoms with Crippen molar-refractivity contribution in [2.24, 2.45) is 5.10 Å². The molecule has 0 amide bonds. The van der Waals surface area contributed by atoms with E-state index >= 15 is 0 Å². The summed E-state index contributed by atoms with van der Waals surface area (Å²) in [4.78, 5) is 15.4. The summed E-state index contributed by atoms with van der Waals surface area (Å²) in [6.45, 7) is 0.242. The van der Waals surface area contributed by atoms with Gasteiger partial charge in [0.25, 0.3) is 5.69 Å². The van der Waals surface area contributed by atoms with Crippen LogP contribution in [0.2, 0.25) is 0 Å². The van der Waals surface area contributed by atoms with Gasteiger partial charge < -0.3 is 9.47 Å². The predicted octanol–water partition coefficient (Wildman–Crippen LogP) is 2.66. The molecule has 9 heteroatoms.